The minimum atomic E-state index is -0.378. The summed E-state index contributed by atoms with van der Waals surface area (Å²) in [6.07, 6.45) is 7.35. The number of imidazole rings is 1. The topological polar surface area (TPSA) is 55.0 Å². The highest BCUT2D eigenvalue weighted by atomic mass is 35.5. The first-order valence-corrected chi connectivity index (χ1v) is 9.28. The van der Waals surface area contributed by atoms with Gasteiger partial charge in [-0.25, -0.2) is 9.78 Å². The van der Waals surface area contributed by atoms with Gasteiger partial charge in [0.25, 0.3) is 0 Å². The number of aromatic amines is 1. The molecule has 3 rings (SSSR count). The van der Waals surface area contributed by atoms with E-state index in [0.717, 1.165) is 28.7 Å². The van der Waals surface area contributed by atoms with Gasteiger partial charge < -0.3 is 9.72 Å². The predicted molar refractivity (Wildman–Crippen MR) is 110 cm³/mol. The summed E-state index contributed by atoms with van der Waals surface area (Å²) in [6, 6.07) is 11.1. The predicted octanol–water partition coefficient (Wildman–Crippen LogP) is 6.02. The number of carbonyl (C=O) groups is 1. The van der Waals surface area contributed by atoms with Crippen molar-refractivity contribution in [2.45, 2.75) is 13.3 Å². The third-order valence-electron chi connectivity index (χ3n) is 3.90. The summed E-state index contributed by atoms with van der Waals surface area (Å²) in [5, 5.41) is 1.11. The Morgan fingerprint density at radius 1 is 1.22 bits per heavy atom. The van der Waals surface area contributed by atoms with Gasteiger partial charge in [-0.15, -0.1) is 0 Å². The Kier molecular flexibility index (Phi) is 6.32. The van der Waals surface area contributed by atoms with Crippen molar-refractivity contribution in [1.29, 1.82) is 0 Å². The number of rotatable bonds is 6. The van der Waals surface area contributed by atoms with Crippen LogP contribution in [0.15, 0.2) is 54.9 Å². The van der Waals surface area contributed by atoms with Crippen LogP contribution in [0.5, 0.6) is 0 Å². The highest BCUT2D eigenvalue weighted by Crippen LogP contribution is 2.38. The van der Waals surface area contributed by atoms with E-state index in [4.69, 9.17) is 27.9 Å². The van der Waals surface area contributed by atoms with Gasteiger partial charge in [0.05, 0.1) is 6.61 Å². The Morgan fingerprint density at radius 2 is 2.07 bits per heavy atom. The minimum absolute atomic E-state index is 0.378. The van der Waals surface area contributed by atoms with Gasteiger partial charge in [0.15, 0.2) is 0 Å². The molecule has 0 amide bonds. The third-order valence-corrected chi connectivity index (χ3v) is 4.45. The van der Waals surface area contributed by atoms with Crippen LogP contribution in [0, 0.1) is 0 Å². The Balaban J connectivity index is 2.10. The van der Waals surface area contributed by atoms with Crippen LogP contribution in [0.25, 0.3) is 28.6 Å². The number of hydrogen-bond donors (Lipinski definition) is 1. The number of nitrogens with zero attached hydrogens (tertiary/aromatic N) is 1. The second-order valence-corrected chi connectivity index (χ2v) is 6.68. The van der Waals surface area contributed by atoms with Crippen LogP contribution in [-0.4, -0.2) is 22.5 Å². The minimum Gasteiger partial charge on any atom is -0.463 e. The number of halogens is 2. The molecule has 1 heterocycles. The number of carbonyl (C=O) groups excluding carboxylic acids is 1. The van der Waals surface area contributed by atoms with Crippen molar-refractivity contribution >= 4 is 35.2 Å². The molecule has 3 aromatic rings. The van der Waals surface area contributed by atoms with Gasteiger partial charge in [0.2, 0.25) is 0 Å². The number of ether oxygens (including phenoxy) is 1. The first kappa shape index (κ1) is 19.2. The Labute approximate surface area is 167 Å². The van der Waals surface area contributed by atoms with E-state index in [0.29, 0.717) is 22.5 Å². The smallest absolute Gasteiger partial charge is 0.330 e. The quantitative estimate of drug-likeness (QED) is 0.406. The average Bonchev–Trinajstić information content (AvgIpc) is 3.18. The monoisotopic (exact) mass is 400 g/mol. The molecule has 138 valence electrons. The van der Waals surface area contributed by atoms with Crippen molar-refractivity contribution in [3.63, 3.8) is 0 Å². The van der Waals surface area contributed by atoms with Crippen LogP contribution in [-0.2, 0) is 9.53 Å². The van der Waals surface area contributed by atoms with Gasteiger partial charge in [-0.3, -0.25) is 0 Å². The van der Waals surface area contributed by atoms with Gasteiger partial charge >= 0.3 is 5.97 Å². The fourth-order valence-electron chi connectivity index (χ4n) is 2.72. The van der Waals surface area contributed by atoms with E-state index in [1.54, 1.807) is 30.6 Å². The van der Waals surface area contributed by atoms with Crippen molar-refractivity contribution in [3.8, 4) is 22.5 Å². The van der Waals surface area contributed by atoms with Gasteiger partial charge in [-0.1, -0.05) is 54.4 Å². The Hall–Kier alpha value is -2.56. The van der Waals surface area contributed by atoms with E-state index in [9.17, 15) is 4.79 Å². The summed E-state index contributed by atoms with van der Waals surface area (Å²) in [5.74, 6) is 0.301. The number of nitrogens with one attached hydrogen (secondary N) is 1. The zero-order valence-electron chi connectivity index (χ0n) is 14.7. The SMILES string of the molecule is CCCOC(=O)C=Cc1cccc(-c2ccc(Cl)cc2Cl)c1-c1ncc[nH]1. The van der Waals surface area contributed by atoms with Crippen molar-refractivity contribution in [2.75, 3.05) is 6.61 Å². The lowest BCUT2D eigenvalue weighted by atomic mass is 9.94. The maximum atomic E-state index is 11.9. The summed E-state index contributed by atoms with van der Waals surface area (Å²) in [4.78, 5) is 19.4. The summed E-state index contributed by atoms with van der Waals surface area (Å²) >= 11 is 12.5. The first-order chi connectivity index (χ1) is 13.1. The molecular weight excluding hydrogens is 383 g/mol. The van der Waals surface area contributed by atoms with E-state index in [2.05, 4.69) is 9.97 Å². The molecule has 0 spiro atoms. The van der Waals surface area contributed by atoms with Crippen LogP contribution in [0.2, 0.25) is 10.0 Å². The highest BCUT2D eigenvalue weighted by molar-refractivity contribution is 6.36. The third kappa shape index (κ3) is 4.59. The molecule has 0 aliphatic rings. The molecule has 0 aliphatic carbocycles. The summed E-state index contributed by atoms with van der Waals surface area (Å²) < 4.78 is 5.11. The van der Waals surface area contributed by atoms with Crippen molar-refractivity contribution in [2.24, 2.45) is 0 Å². The largest absolute Gasteiger partial charge is 0.463 e. The van der Waals surface area contributed by atoms with Crippen molar-refractivity contribution < 1.29 is 9.53 Å². The Bertz CT molecular complexity index is 966. The molecule has 0 saturated carbocycles. The zero-order valence-corrected chi connectivity index (χ0v) is 16.2. The number of H-pyrrole nitrogens is 1. The number of hydrogen-bond acceptors (Lipinski definition) is 3. The molecule has 6 heteroatoms. The van der Waals surface area contributed by atoms with E-state index in [-0.39, 0.29) is 5.97 Å². The highest BCUT2D eigenvalue weighted by Gasteiger charge is 2.15. The molecule has 0 aliphatic heterocycles. The molecule has 0 saturated heterocycles. The van der Waals surface area contributed by atoms with Gasteiger partial charge in [-0.2, -0.15) is 0 Å². The maximum absolute atomic E-state index is 11.9. The van der Waals surface area contributed by atoms with E-state index in [1.165, 1.54) is 6.08 Å². The summed E-state index contributed by atoms with van der Waals surface area (Å²) in [5.41, 5.74) is 3.38. The molecule has 0 radical (unpaired) electrons. The fraction of sp³-hybridized carbons (Fsp3) is 0.143. The second kappa shape index (κ2) is 8.89. The van der Waals surface area contributed by atoms with E-state index < -0.39 is 0 Å². The molecule has 4 nitrogen and oxygen atoms in total. The molecule has 27 heavy (non-hydrogen) atoms. The molecule has 1 N–H and O–H groups in total. The number of esters is 1. The lowest BCUT2D eigenvalue weighted by molar-refractivity contribution is -0.137. The van der Waals surface area contributed by atoms with E-state index >= 15 is 0 Å². The number of benzene rings is 2. The normalized spacial score (nSPS) is 11.1. The molecule has 0 atom stereocenters. The molecule has 0 bridgehead atoms. The zero-order chi connectivity index (χ0) is 19.2. The standard InChI is InChI=1S/C21H18Cl2N2O2/c1-2-12-27-19(26)9-6-14-4-3-5-17(20(14)21-24-10-11-25-21)16-8-7-15(22)13-18(16)23/h3-11,13H,2,12H2,1H3,(H,24,25). The lowest BCUT2D eigenvalue weighted by Crippen LogP contribution is -2.01. The van der Waals surface area contributed by atoms with Crippen LogP contribution in [0.4, 0.5) is 0 Å². The number of aromatic nitrogens is 2. The second-order valence-electron chi connectivity index (χ2n) is 5.83. The average molecular weight is 401 g/mol. The fourth-order valence-corrected chi connectivity index (χ4v) is 3.23. The van der Waals surface area contributed by atoms with Crippen LogP contribution in [0.3, 0.4) is 0 Å². The van der Waals surface area contributed by atoms with Crippen molar-refractivity contribution in [1.82, 2.24) is 9.97 Å². The van der Waals surface area contributed by atoms with Gasteiger partial charge in [0.1, 0.15) is 5.82 Å². The Morgan fingerprint density at radius 3 is 2.78 bits per heavy atom. The summed E-state index contributed by atoms with van der Waals surface area (Å²) in [7, 11) is 0. The molecular formula is C21H18Cl2N2O2. The van der Waals surface area contributed by atoms with Crippen molar-refractivity contribution in [3.05, 3.63) is 70.5 Å². The van der Waals surface area contributed by atoms with Gasteiger partial charge in [-0.05, 0) is 35.8 Å². The van der Waals surface area contributed by atoms with Crippen LogP contribution >= 0.6 is 23.2 Å². The maximum Gasteiger partial charge on any atom is 0.330 e. The van der Waals surface area contributed by atoms with E-state index in [1.807, 2.05) is 31.2 Å². The van der Waals surface area contributed by atoms with Gasteiger partial charge in [0, 0.05) is 39.6 Å². The summed E-state index contributed by atoms with van der Waals surface area (Å²) in [6.45, 7) is 2.35. The molecule has 0 fully saturated rings. The van der Waals surface area contributed by atoms with Crippen LogP contribution < -0.4 is 0 Å². The molecule has 1 aromatic heterocycles. The lowest BCUT2D eigenvalue weighted by Gasteiger charge is -2.13. The first-order valence-electron chi connectivity index (χ1n) is 8.53. The molecule has 2 aromatic carbocycles. The van der Waals surface area contributed by atoms with Crippen LogP contribution in [0.1, 0.15) is 18.9 Å². The molecule has 0 unspecified atom stereocenters.